The molecule has 0 radical (unpaired) electrons. The predicted octanol–water partition coefficient (Wildman–Crippen LogP) is 4.17. The van der Waals surface area contributed by atoms with Gasteiger partial charge in [-0.1, -0.05) is 13.8 Å². The Kier molecular flexibility index (Phi) is 2.92. The van der Waals surface area contributed by atoms with Gasteiger partial charge in [0.2, 0.25) is 0 Å². The van der Waals surface area contributed by atoms with Crippen LogP contribution < -0.4 is 0 Å². The number of benzene rings is 1. The van der Waals surface area contributed by atoms with Crippen LogP contribution in [-0.2, 0) is 12.3 Å². The molecule has 1 aromatic rings. The van der Waals surface area contributed by atoms with E-state index in [1.54, 1.807) is 13.8 Å². The summed E-state index contributed by atoms with van der Waals surface area (Å²) in [6.07, 6.45) is 0.0603. The number of fused-ring (bicyclic) bond motifs is 1. The fourth-order valence-corrected chi connectivity index (χ4v) is 2.64. The van der Waals surface area contributed by atoms with Gasteiger partial charge in [0.05, 0.1) is 5.56 Å². The van der Waals surface area contributed by atoms with Gasteiger partial charge in [-0.25, -0.2) is 17.6 Å². The minimum Gasteiger partial charge on any atom is -0.203 e. The fraction of sp³-hybridized carbons (Fsp3) is 0.500. The molecule has 0 saturated heterocycles. The summed E-state index contributed by atoms with van der Waals surface area (Å²) < 4.78 is 54.9. The summed E-state index contributed by atoms with van der Waals surface area (Å²) in [5.74, 6) is -7.35. The van der Waals surface area contributed by atoms with Gasteiger partial charge in [0.1, 0.15) is 0 Å². The van der Waals surface area contributed by atoms with E-state index in [0.29, 0.717) is 0 Å². The van der Waals surface area contributed by atoms with Crippen LogP contribution in [0.3, 0.4) is 0 Å². The maximum Gasteiger partial charge on any atom is 0.279 e. The molecule has 0 bridgehead atoms. The molecule has 0 N–H and O–H groups in total. The second-order valence-corrected chi connectivity index (χ2v) is 5.22. The summed E-state index contributed by atoms with van der Waals surface area (Å²) in [4.78, 5) is -0.221. The average molecular weight is 264 g/mol. The second-order valence-electron chi connectivity index (χ2n) is 4.74. The van der Waals surface area contributed by atoms with E-state index in [4.69, 9.17) is 0 Å². The van der Waals surface area contributed by atoms with Gasteiger partial charge in [0, 0.05) is 10.8 Å². The molecule has 0 saturated carbocycles. The van der Waals surface area contributed by atoms with Crippen molar-refractivity contribution in [2.24, 2.45) is 11.8 Å². The van der Waals surface area contributed by atoms with Crippen molar-refractivity contribution in [3.8, 4) is 0 Å². The van der Waals surface area contributed by atoms with Crippen LogP contribution in [0.1, 0.15) is 25.0 Å². The first-order valence-electron chi connectivity index (χ1n) is 5.35. The SMILES string of the molecule is CC(C)C1Cc2cc(S)c(F)c(F)c2C1(F)F. The van der Waals surface area contributed by atoms with E-state index in [0.717, 1.165) is 0 Å². The first kappa shape index (κ1) is 12.7. The van der Waals surface area contributed by atoms with Crippen molar-refractivity contribution in [1.29, 1.82) is 0 Å². The van der Waals surface area contributed by atoms with E-state index >= 15 is 0 Å². The molecule has 1 aromatic carbocycles. The molecule has 94 valence electrons. The molecule has 17 heavy (non-hydrogen) atoms. The van der Waals surface area contributed by atoms with Gasteiger partial charge in [-0.15, -0.1) is 12.6 Å². The molecule has 0 spiro atoms. The Morgan fingerprint density at radius 3 is 2.41 bits per heavy atom. The van der Waals surface area contributed by atoms with Crippen LogP contribution in [0.15, 0.2) is 11.0 Å². The third kappa shape index (κ3) is 1.75. The second kappa shape index (κ2) is 3.90. The molecule has 1 atom stereocenters. The number of hydrogen-bond acceptors (Lipinski definition) is 1. The molecule has 0 amide bonds. The van der Waals surface area contributed by atoms with Crippen LogP contribution in [0.25, 0.3) is 0 Å². The van der Waals surface area contributed by atoms with E-state index in [-0.39, 0.29) is 22.8 Å². The topological polar surface area (TPSA) is 0 Å². The molecule has 0 aliphatic heterocycles. The quantitative estimate of drug-likeness (QED) is 0.571. The summed E-state index contributed by atoms with van der Waals surface area (Å²) in [5.41, 5.74) is -0.621. The van der Waals surface area contributed by atoms with Gasteiger partial charge in [-0.05, 0) is 24.0 Å². The van der Waals surface area contributed by atoms with Crippen LogP contribution in [0, 0.1) is 23.5 Å². The lowest BCUT2D eigenvalue weighted by Crippen LogP contribution is -2.26. The van der Waals surface area contributed by atoms with Gasteiger partial charge < -0.3 is 0 Å². The van der Waals surface area contributed by atoms with E-state index < -0.39 is 29.0 Å². The highest BCUT2D eigenvalue weighted by atomic mass is 32.1. The summed E-state index contributed by atoms with van der Waals surface area (Å²) in [6, 6.07) is 1.20. The highest BCUT2D eigenvalue weighted by Crippen LogP contribution is 2.50. The summed E-state index contributed by atoms with van der Waals surface area (Å²) in [6.45, 7) is 3.31. The van der Waals surface area contributed by atoms with Crippen molar-refractivity contribution >= 4 is 12.6 Å². The minimum absolute atomic E-state index is 0.0603. The summed E-state index contributed by atoms with van der Waals surface area (Å²) in [7, 11) is 0. The van der Waals surface area contributed by atoms with Crippen LogP contribution in [-0.4, -0.2) is 0 Å². The highest BCUT2D eigenvalue weighted by molar-refractivity contribution is 7.80. The lowest BCUT2D eigenvalue weighted by Gasteiger charge is -2.23. The van der Waals surface area contributed by atoms with E-state index in [1.165, 1.54) is 6.07 Å². The zero-order chi connectivity index (χ0) is 13.0. The predicted molar refractivity (Wildman–Crippen MR) is 59.5 cm³/mol. The highest BCUT2D eigenvalue weighted by Gasteiger charge is 2.52. The van der Waals surface area contributed by atoms with Gasteiger partial charge >= 0.3 is 0 Å². The van der Waals surface area contributed by atoms with Gasteiger partial charge in [0.15, 0.2) is 11.6 Å². The number of alkyl halides is 2. The average Bonchev–Trinajstić information content (AvgIpc) is 2.46. The minimum atomic E-state index is -3.31. The molecule has 1 unspecified atom stereocenters. The molecular formula is C12H12F4S. The summed E-state index contributed by atoms with van der Waals surface area (Å²) in [5, 5.41) is 0. The smallest absolute Gasteiger partial charge is 0.203 e. The zero-order valence-electron chi connectivity index (χ0n) is 9.40. The normalized spacial score (nSPS) is 22.0. The Labute approximate surface area is 102 Å². The Balaban J connectivity index is 2.63. The summed E-state index contributed by atoms with van der Waals surface area (Å²) >= 11 is 3.74. The fourth-order valence-electron chi connectivity index (χ4n) is 2.39. The third-order valence-electron chi connectivity index (χ3n) is 3.31. The number of hydrogen-bond donors (Lipinski definition) is 1. The van der Waals surface area contributed by atoms with Crippen LogP contribution >= 0.6 is 12.6 Å². The monoisotopic (exact) mass is 264 g/mol. The molecule has 0 nitrogen and oxygen atoms in total. The Hall–Kier alpha value is -0.710. The van der Waals surface area contributed by atoms with Gasteiger partial charge in [-0.3, -0.25) is 0 Å². The van der Waals surface area contributed by atoms with Crippen molar-refractivity contribution in [3.05, 3.63) is 28.8 Å². The molecule has 0 heterocycles. The lowest BCUT2D eigenvalue weighted by molar-refractivity contribution is -0.0715. The molecule has 1 aliphatic carbocycles. The molecule has 5 heteroatoms. The van der Waals surface area contributed by atoms with E-state index in [1.807, 2.05) is 0 Å². The van der Waals surface area contributed by atoms with Crippen LogP contribution in [0.5, 0.6) is 0 Å². The Morgan fingerprint density at radius 2 is 1.88 bits per heavy atom. The maximum atomic E-state index is 14.0. The first-order valence-corrected chi connectivity index (χ1v) is 5.79. The zero-order valence-corrected chi connectivity index (χ0v) is 10.3. The molecule has 0 aromatic heterocycles. The van der Waals surface area contributed by atoms with Crippen molar-refractivity contribution in [2.75, 3.05) is 0 Å². The molecular weight excluding hydrogens is 252 g/mol. The molecule has 1 aliphatic rings. The van der Waals surface area contributed by atoms with E-state index in [2.05, 4.69) is 12.6 Å². The van der Waals surface area contributed by atoms with Crippen molar-refractivity contribution in [2.45, 2.75) is 31.1 Å². The van der Waals surface area contributed by atoms with Gasteiger partial charge in [-0.2, -0.15) is 0 Å². The lowest BCUT2D eigenvalue weighted by atomic mass is 9.90. The molecule has 0 fully saturated rings. The Morgan fingerprint density at radius 1 is 1.29 bits per heavy atom. The number of thiol groups is 1. The van der Waals surface area contributed by atoms with Crippen LogP contribution in [0.4, 0.5) is 17.6 Å². The maximum absolute atomic E-state index is 14.0. The van der Waals surface area contributed by atoms with Crippen molar-refractivity contribution in [3.63, 3.8) is 0 Å². The number of rotatable bonds is 1. The number of halogens is 4. The van der Waals surface area contributed by atoms with E-state index in [9.17, 15) is 17.6 Å². The van der Waals surface area contributed by atoms with Crippen LogP contribution in [0.2, 0.25) is 0 Å². The van der Waals surface area contributed by atoms with Gasteiger partial charge in [0.25, 0.3) is 5.92 Å². The largest absolute Gasteiger partial charge is 0.279 e. The van der Waals surface area contributed by atoms with Crippen molar-refractivity contribution < 1.29 is 17.6 Å². The standard InChI is InChI=1S/C12H12F4S/c1-5(2)7-3-6-4-8(17)10(13)11(14)9(6)12(7,15)16/h4-5,7,17H,3H2,1-2H3. The van der Waals surface area contributed by atoms with Crippen molar-refractivity contribution in [1.82, 2.24) is 0 Å². The Bertz CT molecular complexity index is 468. The third-order valence-corrected chi connectivity index (χ3v) is 3.64. The first-order chi connectivity index (χ1) is 7.76. The molecule has 2 rings (SSSR count).